The summed E-state index contributed by atoms with van der Waals surface area (Å²) in [6.07, 6.45) is 2.80. The fourth-order valence-electron chi connectivity index (χ4n) is 3.86. The summed E-state index contributed by atoms with van der Waals surface area (Å²) >= 11 is 0. The van der Waals surface area contributed by atoms with Crippen LogP contribution in [0.3, 0.4) is 0 Å². The quantitative estimate of drug-likeness (QED) is 0.459. The SMILES string of the molecule is O=C(O)C[C@H](O)C[C@H](O)/C=C/c1c(C2CC2)nc2ccccc2c1-c1ccc(F)cc1.[H-].[Na+]. The van der Waals surface area contributed by atoms with Crippen LogP contribution in [-0.2, 0) is 4.79 Å². The van der Waals surface area contributed by atoms with E-state index in [-0.39, 0.29) is 43.2 Å². The number of nitrogens with zero attached hydrogens (tertiary/aromatic N) is 1. The third-order valence-corrected chi connectivity index (χ3v) is 5.47. The van der Waals surface area contributed by atoms with Crippen LogP contribution in [0.2, 0.25) is 0 Å². The minimum atomic E-state index is -1.13. The summed E-state index contributed by atoms with van der Waals surface area (Å²) in [5.74, 6) is -1.10. The van der Waals surface area contributed by atoms with Gasteiger partial charge >= 0.3 is 35.5 Å². The van der Waals surface area contributed by atoms with Crippen molar-refractivity contribution in [1.29, 1.82) is 0 Å². The number of aliphatic hydroxyl groups is 2. The van der Waals surface area contributed by atoms with Gasteiger partial charge in [0, 0.05) is 28.9 Å². The first kappa shape index (κ1) is 24.6. The molecule has 0 spiro atoms. The molecule has 0 unspecified atom stereocenters. The van der Waals surface area contributed by atoms with E-state index >= 15 is 0 Å². The van der Waals surface area contributed by atoms with E-state index in [9.17, 15) is 19.4 Å². The van der Waals surface area contributed by atoms with Crippen molar-refractivity contribution >= 4 is 22.9 Å². The van der Waals surface area contributed by atoms with Crippen LogP contribution in [0.1, 0.15) is 44.3 Å². The predicted molar refractivity (Wildman–Crippen MR) is 118 cm³/mol. The minimum Gasteiger partial charge on any atom is -1.00 e. The number of aliphatic carboxylic acids is 1. The molecule has 1 aliphatic rings. The molecule has 1 fully saturated rings. The monoisotopic (exact) mass is 445 g/mol. The molecule has 0 bridgehead atoms. The number of pyridine rings is 1. The zero-order valence-electron chi connectivity index (χ0n) is 18.9. The first-order chi connectivity index (χ1) is 14.9. The number of aromatic nitrogens is 1. The van der Waals surface area contributed by atoms with Crippen molar-refractivity contribution in [3.05, 3.63) is 71.7 Å². The van der Waals surface area contributed by atoms with Crippen molar-refractivity contribution in [2.75, 3.05) is 0 Å². The number of halogens is 1. The molecular weight excluding hydrogens is 420 g/mol. The molecule has 0 radical (unpaired) electrons. The molecule has 3 aromatic rings. The number of benzene rings is 2. The molecule has 0 amide bonds. The van der Waals surface area contributed by atoms with E-state index in [4.69, 9.17) is 10.1 Å². The van der Waals surface area contributed by atoms with Crippen LogP contribution in [0.25, 0.3) is 28.1 Å². The molecule has 3 N–H and O–H groups in total. The van der Waals surface area contributed by atoms with Gasteiger partial charge in [-0.3, -0.25) is 9.78 Å². The Morgan fingerprint density at radius 2 is 1.84 bits per heavy atom. The summed E-state index contributed by atoms with van der Waals surface area (Å²) in [4.78, 5) is 15.6. The van der Waals surface area contributed by atoms with Gasteiger partial charge in [0.25, 0.3) is 0 Å². The number of rotatable bonds is 8. The summed E-state index contributed by atoms with van der Waals surface area (Å²) in [5.41, 5.74) is 4.43. The second kappa shape index (κ2) is 10.7. The zero-order chi connectivity index (χ0) is 22.0. The Balaban J connectivity index is 0.00000193. The van der Waals surface area contributed by atoms with Gasteiger partial charge in [-0.1, -0.05) is 42.5 Å². The molecule has 32 heavy (non-hydrogen) atoms. The van der Waals surface area contributed by atoms with Gasteiger partial charge in [0.2, 0.25) is 0 Å². The molecule has 162 valence electrons. The average Bonchev–Trinajstić information content (AvgIpc) is 3.56. The third kappa shape index (κ3) is 5.82. The summed E-state index contributed by atoms with van der Waals surface area (Å²) in [6, 6.07) is 14.1. The second-order valence-electron chi connectivity index (χ2n) is 8.00. The van der Waals surface area contributed by atoms with E-state index < -0.39 is 24.6 Å². The van der Waals surface area contributed by atoms with E-state index in [1.165, 1.54) is 12.1 Å². The second-order valence-corrected chi connectivity index (χ2v) is 8.00. The summed E-state index contributed by atoms with van der Waals surface area (Å²) in [7, 11) is 0. The Bertz CT molecular complexity index is 1140. The first-order valence-electron chi connectivity index (χ1n) is 10.4. The molecule has 2 aromatic carbocycles. The van der Waals surface area contributed by atoms with Crippen LogP contribution in [-0.4, -0.2) is 38.5 Å². The van der Waals surface area contributed by atoms with Gasteiger partial charge < -0.3 is 16.7 Å². The fraction of sp³-hybridized carbons (Fsp3) is 0.280. The van der Waals surface area contributed by atoms with Crippen molar-refractivity contribution in [3.63, 3.8) is 0 Å². The third-order valence-electron chi connectivity index (χ3n) is 5.47. The molecule has 1 aromatic heterocycles. The molecule has 4 rings (SSSR count). The fourth-order valence-corrected chi connectivity index (χ4v) is 3.86. The maximum atomic E-state index is 13.6. The number of hydrogen-bond acceptors (Lipinski definition) is 4. The summed E-state index contributed by atoms with van der Waals surface area (Å²) < 4.78 is 13.6. The maximum Gasteiger partial charge on any atom is 1.00 e. The molecule has 1 saturated carbocycles. The number of fused-ring (bicyclic) bond motifs is 1. The maximum absolute atomic E-state index is 13.6. The smallest absolute Gasteiger partial charge is 1.00 e. The van der Waals surface area contributed by atoms with E-state index in [1.54, 1.807) is 24.3 Å². The van der Waals surface area contributed by atoms with E-state index in [0.717, 1.165) is 46.1 Å². The molecule has 1 heterocycles. The Morgan fingerprint density at radius 3 is 2.50 bits per heavy atom. The van der Waals surface area contributed by atoms with Crippen molar-refractivity contribution in [2.24, 2.45) is 0 Å². The molecule has 7 heteroatoms. The Kier molecular flexibility index (Phi) is 8.20. The number of carbonyl (C=O) groups is 1. The minimum absolute atomic E-state index is 0. The zero-order valence-corrected chi connectivity index (χ0v) is 19.9. The van der Waals surface area contributed by atoms with Crippen LogP contribution in [0.4, 0.5) is 4.39 Å². The topological polar surface area (TPSA) is 90.7 Å². The van der Waals surface area contributed by atoms with Crippen molar-refractivity contribution in [3.8, 4) is 11.1 Å². The molecule has 0 aliphatic heterocycles. The van der Waals surface area contributed by atoms with Crippen LogP contribution in [0, 0.1) is 5.82 Å². The van der Waals surface area contributed by atoms with Crippen molar-refractivity contribution in [2.45, 2.75) is 43.8 Å². The van der Waals surface area contributed by atoms with Crippen LogP contribution < -0.4 is 29.6 Å². The standard InChI is InChI=1S/C25H24FNO4.Na.H/c26-17-9-7-15(8-10-17)24-20-3-1-2-4-22(20)27-25(16-5-6-16)21(24)12-11-18(28)13-19(29)14-23(30)31;;/h1-4,7-12,16,18-19,28-29H,5-6,13-14H2,(H,30,31);;/q;+1;-1/b12-11+;;/t18-,19-;;/m1../s1. The number of aliphatic hydroxyl groups excluding tert-OH is 2. The molecule has 5 nitrogen and oxygen atoms in total. The number of para-hydroxylation sites is 1. The van der Waals surface area contributed by atoms with Crippen molar-refractivity contribution < 1.29 is 55.5 Å². The Morgan fingerprint density at radius 1 is 1.16 bits per heavy atom. The number of carboxylic acid groups (broad SMARTS) is 1. The molecular formula is C25H25FNNaO4. The predicted octanol–water partition coefficient (Wildman–Crippen LogP) is 1.63. The van der Waals surface area contributed by atoms with Gasteiger partial charge in [-0.25, -0.2) is 4.39 Å². The van der Waals surface area contributed by atoms with Gasteiger partial charge in [-0.15, -0.1) is 0 Å². The van der Waals surface area contributed by atoms with E-state index in [2.05, 4.69) is 0 Å². The average molecular weight is 445 g/mol. The molecule has 2 atom stereocenters. The van der Waals surface area contributed by atoms with Crippen molar-refractivity contribution in [1.82, 2.24) is 4.98 Å². The van der Waals surface area contributed by atoms with Crippen LogP contribution in [0.5, 0.6) is 0 Å². The van der Waals surface area contributed by atoms with Gasteiger partial charge in [-0.05, 0) is 36.6 Å². The van der Waals surface area contributed by atoms with Gasteiger partial charge in [0.1, 0.15) is 5.82 Å². The number of carboxylic acids is 1. The van der Waals surface area contributed by atoms with Gasteiger partial charge in [-0.2, -0.15) is 0 Å². The van der Waals surface area contributed by atoms with Crippen LogP contribution >= 0.6 is 0 Å². The summed E-state index contributed by atoms with van der Waals surface area (Å²) in [6.45, 7) is 0. The summed E-state index contributed by atoms with van der Waals surface area (Å²) in [5, 5.41) is 29.9. The Labute approximate surface area is 209 Å². The van der Waals surface area contributed by atoms with Gasteiger partial charge in [0.15, 0.2) is 0 Å². The molecule has 1 aliphatic carbocycles. The van der Waals surface area contributed by atoms with Crippen LogP contribution in [0.15, 0.2) is 54.6 Å². The molecule has 0 saturated heterocycles. The Hall–Kier alpha value is -2.09. The van der Waals surface area contributed by atoms with E-state index in [1.807, 2.05) is 24.3 Å². The number of hydrogen-bond donors (Lipinski definition) is 3. The van der Waals surface area contributed by atoms with E-state index in [0.29, 0.717) is 5.92 Å². The first-order valence-corrected chi connectivity index (χ1v) is 10.4. The van der Waals surface area contributed by atoms with Gasteiger partial charge in [0.05, 0.1) is 29.8 Å². The normalized spacial score (nSPS) is 15.5. The largest absolute Gasteiger partial charge is 1.00 e.